The predicted molar refractivity (Wildman–Crippen MR) is 91.3 cm³/mol. The molecular weight excluding hydrogens is 383 g/mol. The van der Waals surface area contributed by atoms with E-state index in [0.29, 0.717) is 17.2 Å². The minimum absolute atomic E-state index is 0.327. The first-order valence-corrected chi connectivity index (χ1v) is 7.25. The zero-order valence-electron chi connectivity index (χ0n) is 11.6. The van der Waals surface area contributed by atoms with Crippen LogP contribution in [0.15, 0.2) is 42.5 Å². The summed E-state index contributed by atoms with van der Waals surface area (Å²) in [6.45, 7) is 0. The minimum Gasteiger partial charge on any atom is -0.497 e. The van der Waals surface area contributed by atoms with Crippen LogP contribution in [-0.4, -0.2) is 20.3 Å². The maximum Gasteiger partial charge on any atom is 0.323 e. The molecule has 0 heterocycles. The molecule has 110 valence electrons. The highest BCUT2D eigenvalue weighted by Crippen LogP contribution is 2.25. The molecule has 2 amide bonds. The Morgan fingerprint density at radius 3 is 1.95 bits per heavy atom. The molecule has 2 N–H and O–H groups in total. The van der Waals surface area contributed by atoms with Gasteiger partial charge in [0.1, 0.15) is 11.5 Å². The highest BCUT2D eigenvalue weighted by Gasteiger charge is 2.06. The number of carbonyl (C=O) groups excluding carboxylic acids is 1. The van der Waals surface area contributed by atoms with Gasteiger partial charge in [0.25, 0.3) is 0 Å². The Morgan fingerprint density at radius 2 is 1.43 bits per heavy atom. The Kier molecular flexibility index (Phi) is 5.26. The molecule has 0 unspecified atom stereocenters. The molecule has 2 rings (SSSR count). The van der Waals surface area contributed by atoms with Crippen molar-refractivity contribution in [1.82, 2.24) is 0 Å². The number of halogens is 1. The van der Waals surface area contributed by atoms with Gasteiger partial charge in [-0.25, -0.2) is 4.79 Å². The number of nitrogens with one attached hydrogen (secondary N) is 2. The molecule has 2 aromatic rings. The molecule has 21 heavy (non-hydrogen) atoms. The lowest BCUT2D eigenvalue weighted by molar-refractivity contribution is 0.262. The molecule has 0 fully saturated rings. The molecule has 0 aliphatic rings. The quantitative estimate of drug-likeness (QED) is 0.767. The third kappa shape index (κ3) is 4.52. The van der Waals surface area contributed by atoms with Crippen molar-refractivity contribution < 1.29 is 14.3 Å². The number of urea groups is 1. The van der Waals surface area contributed by atoms with Crippen LogP contribution in [0, 0.1) is 3.57 Å². The first kappa shape index (κ1) is 15.4. The molecule has 0 bridgehead atoms. The van der Waals surface area contributed by atoms with E-state index in [1.165, 1.54) is 0 Å². The second-order valence-electron chi connectivity index (χ2n) is 4.19. The van der Waals surface area contributed by atoms with Crippen LogP contribution in [0.5, 0.6) is 11.5 Å². The Bertz CT molecular complexity index is 607. The van der Waals surface area contributed by atoms with Crippen LogP contribution in [0.2, 0.25) is 0 Å². The number of methoxy groups -OCH3 is 2. The van der Waals surface area contributed by atoms with Gasteiger partial charge in [0, 0.05) is 33.1 Å². The van der Waals surface area contributed by atoms with Crippen molar-refractivity contribution in [1.29, 1.82) is 0 Å². The number of rotatable bonds is 4. The number of amides is 2. The predicted octanol–water partition coefficient (Wildman–Crippen LogP) is 3.95. The van der Waals surface area contributed by atoms with Crippen molar-refractivity contribution in [3.63, 3.8) is 0 Å². The summed E-state index contributed by atoms with van der Waals surface area (Å²) >= 11 is 2.21. The fourth-order valence-corrected chi connectivity index (χ4v) is 2.07. The first-order valence-electron chi connectivity index (χ1n) is 6.17. The minimum atomic E-state index is -0.327. The van der Waals surface area contributed by atoms with E-state index in [0.717, 1.165) is 9.26 Å². The van der Waals surface area contributed by atoms with Crippen molar-refractivity contribution in [3.8, 4) is 11.5 Å². The van der Waals surface area contributed by atoms with Gasteiger partial charge in [0.05, 0.1) is 14.2 Å². The standard InChI is InChI=1S/C15H15IN2O3/c1-20-13-7-12(8-14(9-13)21-2)18-15(19)17-11-5-3-10(16)4-6-11/h3-9H,1-2H3,(H2,17,18,19). The van der Waals surface area contributed by atoms with Gasteiger partial charge in [0.15, 0.2) is 0 Å². The highest BCUT2D eigenvalue weighted by atomic mass is 127. The van der Waals surface area contributed by atoms with Gasteiger partial charge in [0.2, 0.25) is 0 Å². The number of hydrogen-bond acceptors (Lipinski definition) is 3. The largest absolute Gasteiger partial charge is 0.497 e. The lowest BCUT2D eigenvalue weighted by atomic mass is 10.3. The summed E-state index contributed by atoms with van der Waals surface area (Å²) in [6, 6.07) is 12.4. The lowest BCUT2D eigenvalue weighted by Crippen LogP contribution is -2.19. The van der Waals surface area contributed by atoms with Crippen molar-refractivity contribution in [2.75, 3.05) is 24.9 Å². The van der Waals surface area contributed by atoms with E-state index in [1.54, 1.807) is 32.4 Å². The Morgan fingerprint density at radius 1 is 0.905 bits per heavy atom. The van der Waals surface area contributed by atoms with E-state index in [9.17, 15) is 4.79 Å². The molecule has 0 radical (unpaired) electrons. The summed E-state index contributed by atoms with van der Waals surface area (Å²) in [5, 5.41) is 5.50. The molecule has 0 saturated heterocycles. The Labute approximate surface area is 136 Å². The van der Waals surface area contributed by atoms with E-state index in [4.69, 9.17) is 9.47 Å². The monoisotopic (exact) mass is 398 g/mol. The molecule has 0 spiro atoms. The fraction of sp³-hybridized carbons (Fsp3) is 0.133. The van der Waals surface area contributed by atoms with Gasteiger partial charge in [-0.2, -0.15) is 0 Å². The van der Waals surface area contributed by atoms with Crippen molar-refractivity contribution in [3.05, 3.63) is 46.0 Å². The summed E-state index contributed by atoms with van der Waals surface area (Å²) in [6.07, 6.45) is 0. The highest BCUT2D eigenvalue weighted by molar-refractivity contribution is 14.1. The van der Waals surface area contributed by atoms with E-state index < -0.39 is 0 Å². The molecule has 0 aliphatic heterocycles. The average molecular weight is 398 g/mol. The van der Waals surface area contributed by atoms with Crippen LogP contribution >= 0.6 is 22.6 Å². The summed E-state index contributed by atoms with van der Waals surface area (Å²) in [7, 11) is 3.12. The molecule has 5 nitrogen and oxygen atoms in total. The van der Waals surface area contributed by atoms with Gasteiger partial charge >= 0.3 is 6.03 Å². The second kappa shape index (κ2) is 7.16. The van der Waals surface area contributed by atoms with Crippen LogP contribution in [0.1, 0.15) is 0 Å². The van der Waals surface area contributed by atoms with Crippen LogP contribution in [-0.2, 0) is 0 Å². The number of benzene rings is 2. The van der Waals surface area contributed by atoms with Crippen LogP contribution < -0.4 is 20.1 Å². The van der Waals surface area contributed by atoms with E-state index in [2.05, 4.69) is 33.2 Å². The van der Waals surface area contributed by atoms with E-state index >= 15 is 0 Å². The summed E-state index contributed by atoms with van der Waals surface area (Å²) in [5.41, 5.74) is 1.32. The van der Waals surface area contributed by atoms with Gasteiger partial charge in [-0.1, -0.05) is 0 Å². The van der Waals surface area contributed by atoms with Crippen molar-refractivity contribution in [2.24, 2.45) is 0 Å². The second-order valence-corrected chi connectivity index (χ2v) is 5.43. The fourth-order valence-electron chi connectivity index (χ4n) is 1.71. The molecule has 0 atom stereocenters. The third-order valence-corrected chi connectivity index (χ3v) is 3.43. The summed E-state index contributed by atoms with van der Waals surface area (Å²) in [4.78, 5) is 12.0. The van der Waals surface area contributed by atoms with Gasteiger partial charge in [-0.05, 0) is 46.9 Å². The van der Waals surface area contributed by atoms with Gasteiger partial charge in [-0.15, -0.1) is 0 Å². The zero-order valence-corrected chi connectivity index (χ0v) is 13.8. The average Bonchev–Trinajstić information content (AvgIpc) is 2.49. The number of carbonyl (C=O) groups is 1. The maximum absolute atomic E-state index is 12.0. The van der Waals surface area contributed by atoms with Crippen LogP contribution in [0.25, 0.3) is 0 Å². The topological polar surface area (TPSA) is 59.6 Å². The lowest BCUT2D eigenvalue weighted by Gasteiger charge is -2.11. The molecule has 6 heteroatoms. The van der Waals surface area contributed by atoms with Gasteiger partial charge < -0.3 is 20.1 Å². The molecular formula is C15H15IN2O3. The third-order valence-electron chi connectivity index (χ3n) is 2.71. The summed E-state index contributed by atoms with van der Waals surface area (Å²) < 4.78 is 11.4. The van der Waals surface area contributed by atoms with E-state index in [1.807, 2.05) is 24.3 Å². The van der Waals surface area contributed by atoms with Crippen LogP contribution in [0.3, 0.4) is 0 Å². The molecule has 0 aromatic heterocycles. The van der Waals surface area contributed by atoms with Crippen molar-refractivity contribution in [2.45, 2.75) is 0 Å². The molecule has 2 aromatic carbocycles. The number of ether oxygens (including phenoxy) is 2. The van der Waals surface area contributed by atoms with E-state index in [-0.39, 0.29) is 6.03 Å². The van der Waals surface area contributed by atoms with Gasteiger partial charge in [-0.3, -0.25) is 0 Å². The summed E-state index contributed by atoms with van der Waals surface area (Å²) in [5.74, 6) is 1.22. The molecule has 0 saturated carbocycles. The number of anilines is 2. The molecule has 0 aliphatic carbocycles. The maximum atomic E-state index is 12.0. The Balaban J connectivity index is 2.06. The zero-order chi connectivity index (χ0) is 15.2. The van der Waals surface area contributed by atoms with Crippen molar-refractivity contribution >= 4 is 40.0 Å². The SMILES string of the molecule is COc1cc(NC(=O)Nc2ccc(I)cc2)cc(OC)c1. The number of hydrogen-bond donors (Lipinski definition) is 2. The smallest absolute Gasteiger partial charge is 0.323 e. The Hall–Kier alpha value is -1.96. The van der Waals surface area contributed by atoms with Crippen LogP contribution in [0.4, 0.5) is 16.2 Å². The first-order chi connectivity index (χ1) is 10.1. The normalized spacial score (nSPS) is 9.86.